The third-order valence-corrected chi connectivity index (χ3v) is 7.10. The van der Waals surface area contributed by atoms with Crippen molar-refractivity contribution in [2.75, 3.05) is 18.1 Å². The number of nitrogens with one attached hydrogen (secondary N) is 1. The Kier molecular flexibility index (Phi) is 6.08. The Hall–Kier alpha value is -2.34. The highest BCUT2D eigenvalue weighted by molar-refractivity contribution is 8.00. The van der Waals surface area contributed by atoms with E-state index in [0.717, 1.165) is 23.5 Å². The molecule has 152 valence electrons. The van der Waals surface area contributed by atoms with E-state index in [9.17, 15) is 14.4 Å². The number of carboxylic acid groups (broad SMARTS) is 1. The first-order valence-electron chi connectivity index (χ1n) is 8.71. The van der Waals surface area contributed by atoms with Crippen LogP contribution < -0.4 is 11.1 Å². The monoisotopic (exact) mass is 427 g/mol. The molecule has 0 spiro atoms. The molecule has 28 heavy (non-hydrogen) atoms. The number of aliphatic carboxylic acids is 1. The summed E-state index contributed by atoms with van der Waals surface area (Å²) >= 11 is 2.91. The van der Waals surface area contributed by atoms with Crippen LogP contribution in [0.3, 0.4) is 0 Å². The fourth-order valence-corrected chi connectivity index (χ4v) is 5.36. The summed E-state index contributed by atoms with van der Waals surface area (Å²) in [5, 5.41) is 17.1. The number of carboxylic acids is 1. The molecule has 0 saturated carbocycles. The maximum Gasteiger partial charge on any atom is 0.344 e. The Balaban J connectivity index is 1.72. The van der Waals surface area contributed by atoms with E-state index >= 15 is 0 Å². The molecular weight excluding hydrogens is 406 g/mol. The summed E-state index contributed by atoms with van der Waals surface area (Å²) in [5.74, 6) is -1.28. The molecule has 2 fully saturated rings. The van der Waals surface area contributed by atoms with Crippen LogP contribution in [-0.2, 0) is 19.2 Å². The molecule has 12 heteroatoms. The van der Waals surface area contributed by atoms with Gasteiger partial charge in [0.2, 0.25) is 12.5 Å². The molecule has 4 unspecified atom stereocenters. The van der Waals surface area contributed by atoms with Gasteiger partial charge in [-0.25, -0.2) is 9.78 Å². The number of nitrogens with zero attached hydrogens (tertiary/aromatic N) is 3. The first-order valence-corrected chi connectivity index (χ1v) is 10.6. The predicted molar refractivity (Wildman–Crippen MR) is 105 cm³/mol. The van der Waals surface area contributed by atoms with Crippen molar-refractivity contribution in [2.45, 2.75) is 43.6 Å². The lowest BCUT2D eigenvalue weighted by Gasteiger charge is -2.55. The Labute approximate surface area is 169 Å². The van der Waals surface area contributed by atoms with Crippen molar-refractivity contribution in [3.63, 3.8) is 0 Å². The zero-order chi connectivity index (χ0) is 20.4. The molecule has 2 amide bonds. The summed E-state index contributed by atoms with van der Waals surface area (Å²) in [6.07, 6.45) is 0.975. The molecule has 3 rings (SSSR count). The van der Waals surface area contributed by atoms with Crippen molar-refractivity contribution in [1.29, 1.82) is 0 Å². The molecule has 0 aromatic carbocycles. The fourth-order valence-electron chi connectivity index (χ4n) is 3.37. The zero-order valence-electron chi connectivity index (χ0n) is 15.3. The number of β-lactam (4-membered cyclic amide) rings is 1. The van der Waals surface area contributed by atoms with E-state index in [1.54, 1.807) is 11.8 Å². The number of hydrogen-bond donors (Lipinski definition) is 3. The van der Waals surface area contributed by atoms with Gasteiger partial charge in [-0.1, -0.05) is 12.1 Å². The topological polar surface area (TPSA) is 147 Å². The number of oxime groups is 1. The van der Waals surface area contributed by atoms with E-state index in [1.807, 2.05) is 11.8 Å². The van der Waals surface area contributed by atoms with Crippen LogP contribution in [0.2, 0.25) is 0 Å². The van der Waals surface area contributed by atoms with Crippen LogP contribution in [0.15, 0.2) is 10.5 Å². The number of anilines is 1. The third kappa shape index (κ3) is 3.92. The number of thiazole rings is 1. The minimum Gasteiger partial charge on any atom is -0.479 e. The van der Waals surface area contributed by atoms with Crippen LogP contribution in [0.5, 0.6) is 0 Å². The summed E-state index contributed by atoms with van der Waals surface area (Å²) in [7, 11) is 0. The van der Waals surface area contributed by atoms with Gasteiger partial charge in [0.1, 0.15) is 11.7 Å². The van der Waals surface area contributed by atoms with Crippen LogP contribution in [0.25, 0.3) is 0 Å². The van der Waals surface area contributed by atoms with Gasteiger partial charge in [-0.05, 0) is 13.3 Å². The van der Waals surface area contributed by atoms with Gasteiger partial charge in [0.25, 0.3) is 5.91 Å². The smallest absolute Gasteiger partial charge is 0.344 e. The molecule has 1 aromatic rings. The molecule has 0 radical (unpaired) electrons. The highest BCUT2D eigenvalue weighted by atomic mass is 32.2. The van der Waals surface area contributed by atoms with Gasteiger partial charge >= 0.3 is 5.97 Å². The van der Waals surface area contributed by atoms with Crippen LogP contribution >= 0.6 is 23.1 Å². The number of hydrogen-bond acceptors (Lipinski definition) is 9. The second-order valence-corrected chi connectivity index (χ2v) is 8.62. The van der Waals surface area contributed by atoms with Crippen molar-refractivity contribution in [1.82, 2.24) is 15.2 Å². The summed E-state index contributed by atoms with van der Waals surface area (Å²) < 4.78 is 0. The van der Waals surface area contributed by atoms with E-state index in [-0.39, 0.29) is 34.5 Å². The summed E-state index contributed by atoms with van der Waals surface area (Å²) in [6, 6.07) is -0.623. The highest BCUT2D eigenvalue weighted by Gasteiger charge is 2.53. The lowest BCUT2D eigenvalue weighted by atomic mass is 9.91. The maximum absolute atomic E-state index is 12.7. The lowest BCUT2D eigenvalue weighted by molar-refractivity contribution is -0.155. The van der Waals surface area contributed by atoms with E-state index in [2.05, 4.69) is 22.4 Å². The largest absolute Gasteiger partial charge is 0.479 e. The van der Waals surface area contributed by atoms with Crippen LogP contribution in [0.4, 0.5) is 5.13 Å². The van der Waals surface area contributed by atoms with Crippen molar-refractivity contribution in [2.24, 2.45) is 5.16 Å². The molecular formula is C16H21N5O5S2. The number of fused-ring (bicyclic) bond motifs is 1. The van der Waals surface area contributed by atoms with E-state index in [1.165, 1.54) is 5.38 Å². The Bertz CT molecular complexity index is 813. The minimum atomic E-state index is -1.23. The summed E-state index contributed by atoms with van der Waals surface area (Å²) in [6.45, 7) is 3.41. The molecule has 10 nitrogen and oxygen atoms in total. The molecule has 0 aliphatic carbocycles. The molecule has 2 aliphatic heterocycles. The quantitative estimate of drug-likeness (QED) is 0.316. The second kappa shape index (κ2) is 8.35. The van der Waals surface area contributed by atoms with Crippen molar-refractivity contribution in [3.05, 3.63) is 11.1 Å². The normalized spacial score (nSPS) is 27.0. The van der Waals surface area contributed by atoms with Gasteiger partial charge in [0.05, 0.1) is 6.04 Å². The van der Waals surface area contributed by atoms with Crippen LogP contribution in [0, 0.1) is 0 Å². The molecule has 1 aromatic heterocycles. The van der Waals surface area contributed by atoms with Crippen LogP contribution in [0.1, 0.15) is 26.0 Å². The number of amides is 2. The Morgan fingerprint density at radius 1 is 1.54 bits per heavy atom. The van der Waals surface area contributed by atoms with Crippen molar-refractivity contribution < 1.29 is 24.3 Å². The van der Waals surface area contributed by atoms with E-state index < -0.39 is 24.5 Å². The second-order valence-electron chi connectivity index (χ2n) is 6.46. The molecule has 0 bridgehead atoms. The fraction of sp³-hybridized carbons (Fsp3) is 0.562. The first kappa shape index (κ1) is 20.4. The third-order valence-electron chi connectivity index (χ3n) is 4.73. The van der Waals surface area contributed by atoms with Gasteiger partial charge in [0.15, 0.2) is 10.8 Å². The number of nitrogens with two attached hydrogens (primary N) is 1. The number of carbonyl (C=O) groups excluding carboxylic acids is 2. The van der Waals surface area contributed by atoms with E-state index in [0.29, 0.717) is 5.25 Å². The molecule has 2 aliphatic rings. The summed E-state index contributed by atoms with van der Waals surface area (Å²) in [4.78, 5) is 46.5. The molecule has 4 N–H and O–H groups in total. The van der Waals surface area contributed by atoms with Gasteiger partial charge in [0, 0.05) is 22.4 Å². The number of thioether (sulfide) groups is 1. The average molecular weight is 428 g/mol. The zero-order valence-corrected chi connectivity index (χ0v) is 17.0. The molecule has 2 saturated heterocycles. The first-order chi connectivity index (χ1) is 13.3. The van der Waals surface area contributed by atoms with E-state index in [4.69, 9.17) is 15.7 Å². The number of carbonyl (C=O) groups is 3. The Morgan fingerprint density at radius 3 is 2.89 bits per heavy atom. The van der Waals surface area contributed by atoms with Crippen molar-refractivity contribution in [3.8, 4) is 0 Å². The molecule has 3 heterocycles. The minimum absolute atomic E-state index is 0.0825. The van der Waals surface area contributed by atoms with Gasteiger partial charge in [-0.3, -0.25) is 9.59 Å². The SMILES string of the molecule is CCC1SCC2C(NC(=O)/C(=N\OCC(=O)O)c3csc(N)n3)C(=O)N2C1C. The van der Waals surface area contributed by atoms with Crippen molar-refractivity contribution >= 4 is 51.7 Å². The molecule has 4 atom stereocenters. The highest BCUT2D eigenvalue weighted by Crippen LogP contribution is 2.38. The van der Waals surface area contributed by atoms with Gasteiger partial charge in [-0.15, -0.1) is 11.3 Å². The number of nitrogen functional groups attached to an aromatic ring is 1. The number of aromatic nitrogens is 1. The standard InChI is InChI=1S/C16H21N5O5S2/c1-3-10-7(2)21-9(6-27-10)13(15(21)25)19-14(24)12(20-26-4-11(22)23)8-5-28-16(17)18-8/h5,7,9-10,13H,3-4,6H2,1-2H3,(H2,17,18)(H,19,24)(H,22,23)/b20-12-. The lowest BCUT2D eigenvalue weighted by Crippen LogP contribution is -2.76. The van der Waals surface area contributed by atoms with Gasteiger partial charge in [-0.2, -0.15) is 11.8 Å². The average Bonchev–Trinajstić information content (AvgIpc) is 3.08. The number of rotatable bonds is 7. The predicted octanol–water partition coefficient (Wildman–Crippen LogP) is 0.140. The summed E-state index contributed by atoms with van der Waals surface area (Å²) in [5.41, 5.74) is 5.54. The van der Waals surface area contributed by atoms with Gasteiger partial charge < -0.3 is 25.9 Å². The maximum atomic E-state index is 12.7. The Morgan fingerprint density at radius 2 is 2.29 bits per heavy atom. The van der Waals surface area contributed by atoms with Crippen LogP contribution in [-0.4, -0.2) is 74.2 Å².